The first-order valence-corrected chi connectivity index (χ1v) is 12.0. The van der Waals surface area contributed by atoms with E-state index < -0.39 is 0 Å². The van der Waals surface area contributed by atoms with Crippen molar-refractivity contribution in [1.82, 2.24) is 8.86 Å². The van der Waals surface area contributed by atoms with Gasteiger partial charge in [0, 0.05) is 12.6 Å². The first kappa shape index (κ1) is 21.1. The van der Waals surface area contributed by atoms with Gasteiger partial charge >= 0.3 is 0 Å². The number of aromatic nitrogens is 1. The summed E-state index contributed by atoms with van der Waals surface area (Å²) in [6, 6.07) is 15.0. The minimum absolute atomic E-state index is 0.164. The summed E-state index contributed by atoms with van der Waals surface area (Å²) >= 11 is 1.59. The Morgan fingerprint density at radius 1 is 1.13 bits per heavy atom. The van der Waals surface area contributed by atoms with Gasteiger partial charge in [0.15, 0.2) is 0 Å². The number of hydrogen-bond donors (Lipinski definition) is 0. The van der Waals surface area contributed by atoms with Crippen molar-refractivity contribution in [2.24, 2.45) is 0 Å². The lowest BCUT2D eigenvalue weighted by Crippen LogP contribution is -2.40. The molecule has 1 unspecified atom stereocenters. The molecule has 1 atom stereocenters. The van der Waals surface area contributed by atoms with Crippen LogP contribution >= 0.6 is 11.5 Å². The first-order valence-electron chi connectivity index (χ1n) is 11.2. The van der Waals surface area contributed by atoms with Crippen LogP contribution in [0.1, 0.15) is 43.7 Å². The van der Waals surface area contributed by atoms with Gasteiger partial charge in [-0.05, 0) is 80.9 Å². The van der Waals surface area contributed by atoms with Crippen LogP contribution in [0.15, 0.2) is 47.3 Å². The fourth-order valence-electron chi connectivity index (χ4n) is 4.74. The number of hydrogen-bond acceptors (Lipinski definition) is 4. The predicted molar refractivity (Wildman–Crippen MR) is 126 cm³/mol. The van der Waals surface area contributed by atoms with Crippen LogP contribution in [0.4, 0.5) is 0 Å². The summed E-state index contributed by atoms with van der Waals surface area (Å²) < 4.78 is 8.65. The second-order valence-corrected chi connectivity index (χ2v) is 9.30. The zero-order chi connectivity index (χ0) is 20.9. The van der Waals surface area contributed by atoms with Crippen LogP contribution in [-0.4, -0.2) is 35.1 Å². The molecule has 1 aromatic heterocycles. The number of nitrogens with zero attached hydrogens (tertiary/aromatic N) is 2. The third-order valence-electron chi connectivity index (χ3n) is 6.27. The van der Waals surface area contributed by atoms with Crippen LogP contribution in [0, 0.1) is 0 Å². The largest absolute Gasteiger partial charge is 0.496 e. The van der Waals surface area contributed by atoms with Gasteiger partial charge in [-0.3, -0.25) is 8.75 Å². The zero-order valence-electron chi connectivity index (χ0n) is 18.1. The molecule has 30 heavy (non-hydrogen) atoms. The minimum atomic E-state index is 0.164. The quantitative estimate of drug-likeness (QED) is 0.447. The first-order chi connectivity index (χ1) is 14.7. The molecule has 2 aromatic carbocycles. The molecule has 4 rings (SSSR count). The summed E-state index contributed by atoms with van der Waals surface area (Å²) in [6.07, 6.45) is 6.76. The number of rotatable bonds is 9. The minimum Gasteiger partial charge on any atom is -0.496 e. The number of benzene rings is 2. The van der Waals surface area contributed by atoms with Gasteiger partial charge in [0.1, 0.15) is 5.75 Å². The third-order valence-corrected chi connectivity index (χ3v) is 7.39. The second-order valence-electron chi connectivity index (χ2n) is 8.23. The molecular formula is C25H32N2O2S. The topological polar surface area (TPSA) is 34.5 Å². The van der Waals surface area contributed by atoms with Gasteiger partial charge in [0.25, 0.3) is 5.56 Å². The van der Waals surface area contributed by atoms with Gasteiger partial charge in [0.05, 0.1) is 17.2 Å². The lowest BCUT2D eigenvalue weighted by molar-refractivity contribution is 0.174. The number of methoxy groups -OCH3 is 1. The molecule has 1 heterocycles. The van der Waals surface area contributed by atoms with Crippen molar-refractivity contribution in [2.45, 2.75) is 58.0 Å². The van der Waals surface area contributed by atoms with Crippen molar-refractivity contribution < 1.29 is 4.74 Å². The SMILES string of the molecule is CCCN(CCCCn1sc2ccccc2c1=O)C1CCc2cccc(OC)c2C1. The molecule has 0 saturated carbocycles. The van der Waals surface area contributed by atoms with E-state index in [0.29, 0.717) is 6.04 Å². The highest BCUT2D eigenvalue weighted by atomic mass is 32.1. The molecular weight excluding hydrogens is 392 g/mol. The van der Waals surface area contributed by atoms with E-state index in [1.807, 2.05) is 28.2 Å². The molecule has 0 bridgehead atoms. The molecule has 1 aliphatic carbocycles. The van der Waals surface area contributed by atoms with E-state index in [4.69, 9.17) is 4.74 Å². The lowest BCUT2D eigenvalue weighted by Gasteiger charge is -2.35. The van der Waals surface area contributed by atoms with Gasteiger partial charge < -0.3 is 9.64 Å². The summed E-state index contributed by atoms with van der Waals surface area (Å²) in [5.41, 5.74) is 3.01. The molecule has 0 saturated heterocycles. The molecule has 0 radical (unpaired) electrons. The standard InChI is InChI=1S/C25H32N2O2S/c1-3-15-26(20-14-13-19-9-8-11-23(29-2)22(19)18-20)16-6-7-17-27-25(28)21-10-4-5-12-24(21)30-27/h4-5,8-12,20H,3,6-7,13-18H2,1-2H3. The Morgan fingerprint density at radius 3 is 2.80 bits per heavy atom. The van der Waals surface area contributed by atoms with E-state index >= 15 is 0 Å². The molecule has 0 fully saturated rings. The van der Waals surface area contributed by atoms with E-state index in [2.05, 4.69) is 30.0 Å². The van der Waals surface area contributed by atoms with Crippen LogP contribution < -0.4 is 10.3 Å². The monoisotopic (exact) mass is 424 g/mol. The van der Waals surface area contributed by atoms with Crippen LogP contribution in [0.2, 0.25) is 0 Å². The molecule has 5 heteroatoms. The van der Waals surface area contributed by atoms with Crippen molar-refractivity contribution in [3.8, 4) is 5.75 Å². The maximum absolute atomic E-state index is 12.5. The maximum atomic E-state index is 12.5. The maximum Gasteiger partial charge on any atom is 0.268 e. The van der Waals surface area contributed by atoms with Crippen molar-refractivity contribution >= 4 is 21.6 Å². The lowest BCUT2D eigenvalue weighted by atomic mass is 9.86. The van der Waals surface area contributed by atoms with E-state index in [1.165, 1.54) is 24.0 Å². The van der Waals surface area contributed by atoms with Crippen LogP contribution in [0.3, 0.4) is 0 Å². The molecule has 0 N–H and O–H groups in total. The summed E-state index contributed by atoms with van der Waals surface area (Å²) in [7, 11) is 1.78. The molecule has 0 aliphatic heterocycles. The molecule has 3 aromatic rings. The van der Waals surface area contributed by atoms with Crippen molar-refractivity contribution in [1.29, 1.82) is 0 Å². The normalized spacial score (nSPS) is 16.2. The van der Waals surface area contributed by atoms with Crippen molar-refractivity contribution in [2.75, 3.05) is 20.2 Å². The molecule has 0 amide bonds. The molecule has 0 spiro atoms. The van der Waals surface area contributed by atoms with Gasteiger partial charge in [-0.2, -0.15) is 0 Å². The van der Waals surface area contributed by atoms with Gasteiger partial charge in [-0.1, -0.05) is 42.7 Å². The fourth-order valence-corrected chi connectivity index (χ4v) is 5.77. The second kappa shape index (κ2) is 9.80. The number of fused-ring (bicyclic) bond motifs is 2. The summed E-state index contributed by atoms with van der Waals surface area (Å²) in [6.45, 7) is 5.32. The fraction of sp³-hybridized carbons (Fsp3) is 0.480. The van der Waals surface area contributed by atoms with Gasteiger partial charge in [-0.15, -0.1) is 0 Å². The van der Waals surface area contributed by atoms with E-state index in [0.717, 1.165) is 61.2 Å². The Labute approximate surface area is 183 Å². The molecule has 160 valence electrons. The smallest absolute Gasteiger partial charge is 0.268 e. The Hall–Kier alpha value is -2.11. The Balaban J connectivity index is 1.36. The van der Waals surface area contributed by atoms with E-state index in [1.54, 1.807) is 18.6 Å². The highest BCUT2D eigenvalue weighted by Gasteiger charge is 2.25. The van der Waals surface area contributed by atoms with Crippen molar-refractivity contribution in [3.05, 3.63) is 63.9 Å². The Morgan fingerprint density at radius 2 is 2.00 bits per heavy atom. The van der Waals surface area contributed by atoms with Crippen LogP contribution in [0.5, 0.6) is 5.75 Å². The average molecular weight is 425 g/mol. The number of ether oxygens (including phenoxy) is 1. The highest BCUT2D eigenvalue weighted by molar-refractivity contribution is 7.13. The van der Waals surface area contributed by atoms with Crippen molar-refractivity contribution in [3.63, 3.8) is 0 Å². The average Bonchev–Trinajstić information content (AvgIpc) is 3.10. The van der Waals surface area contributed by atoms with Gasteiger partial charge in [-0.25, -0.2) is 0 Å². The Kier molecular flexibility index (Phi) is 6.90. The zero-order valence-corrected chi connectivity index (χ0v) is 18.9. The molecule has 4 nitrogen and oxygen atoms in total. The van der Waals surface area contributed by atoms with Gasteiger partial charge in [0.2, 0.25) is 0 Å². The van der Waals surface area contributed by atoms with E-state index in [9.17, 15) is 4.79 Å². The van der Waals surface area contributed by atoms with E-state index in [-0.39, 0.29) is 5.56 Å². The Bertz CT molecular complexity index is 1020. The van der Waals surface area contributed by atoms with Crippen LogP contribution in [0.25, 0.3) is 10.1 Å². The summed E-state index contributed by atoms with van der Waals surface area (Å²) in [5.74, 6) is 1.04. The predicted octanol–water partition coefficient (Wildman–Crippen LogP) is 5.12. The third kappa shape index (κ3) is 4.47. The highest BCUT2D eigenvalue weighted by Crippen LogP contribution is 2.31. The number of aryl methyl sites for hydroxylation is 2. The van der Waals surface area contributed by atoms with Crippen LogP contribution in [-0.2, 0) is 19.4 Å². The summed E-state index contributed by atoms with van der Waals surface area (Å²) in [5, 5.41) is 0.852. The summed E-state index contributed by atoms with van der Waals surface area (Å²) in [4.78, 5) is 15.2. The molecule has 1 aliphatic rings. The number of unbranched alkanes of at least 4 members (excludes halogenated alkanes) is 1.